The van der Waals surface area contributed by atoms with E-state index in [9.17, 15) is 4.79 Å². The Balaban J connectivity index is 1.36. The van der Waals surface area contributed by atoms with Crippen molar-refractivity contribution in [1.82, 2.24) is 10.3 Å². The van der Waals surface area contributed by atoms with Crippen LogP contribution >= 0.6 is 11.3 Å². The Morgan fingerprint density at radius 2 is 1.84 bits per heavy atom. The lowest BCUT2D eigenvalue weighted by atomic mass is 9.87. The molecule has 2 amide bonds. The summed E-state index contributed by atoms with van der Waals surface area (Å²) < 4.78 is 5.92. The quantitative estimate of drug-likeness (QED) is 0.352. The van der Waals surface area contributed by atoms with Crippen molar-refractivity contribution in [2.75, 3.05) is 16.8 Å². The third-order valence-corrected chi connectivity index (χ3v) is 9.43. The fraction of sp³-hybridized carbons (Fsp3) is 0.467. The minimum Gasteiger partial charge on any atom is -0.494 e. The zero-order valence-electron chi connectivity index (χ0n) is 21.9. The number of carbonyl (C=O) groups excluding carboxylic acids is 1. The predicted octanol–water partition coefficient (Wildman–Crippen LogP) is 7.08. The van der Waals surface area contributed by atoms with E-state index in [1.165, 1.54) is 52.4 Å². The standard InChI is InChI=1S/C30H36N4O2S/c1-4-36-24-15-16-25-26(17-24)34(23-9-6-10-23)28(27(25)29-31-18(2)19(3)37-29)20-11-13-22(14-12-20)33-30(35)32-21-7-5-8-21/h11-17,21,23,27-28H,4-10H2,1-3H3,(H2,32,33,35). The molecule has 2 atom stereocenters. The second-order valence-corrected chi connectivity index (χ2v) is 11.8. The lowest BCUT2D eigenvalue weighted by molar-refractivity contribution is 0.240. The van der Waals surface area contributed by atoms with Crippen molar-refractivity contribution < 1.29 is 9.53 Å². The summed E-state index contributed by atoms with van der Waals surface area (Å²) in [6.07, 6.45) is 7.04. The molecule has 1 aromatic heterocycles. The number of hydrogen-bond acceptors (Lipinski definition) is 5. The van der Waals surface area contributed by atoms with Crippen LogP contribution in [0.1, 0.15) is 84.1 Å². The van der Waals surface area contributed by atoms with Gasteiger partial charge in [0, 0.05) is 34.4 Å². The van der Waals surface area contributed by atoms with Crippen LogP contribution in [0.5, 0.6) is 5.75 Å². The number of carbonyl (C=O) groups is 1. The van der Waals surface area contributed by atoms with E-state index in [1.54, 1.807) is 0 Å². The largest absolute Gasteiger partial charge is 0.494 e. The van der Waals surface area contributed by atoms with Crippen molar-refractivity contribution in [1.29, 1.82) is 0 Å². The summed E-state index contributed by atoms with van der Waals surface area (Å²) in [4.78, 5) is 21.4. The molecule has 3 aliphatic rings. The smallest absolute Gasteiger partial charge is 0.319 e. The second kappa shape index (κ2) is 10.0. The zero-order valence-corrected chi connectivity index (χ0v) is 22.7. The first kappa shape index (κ1) is 24.3. The van der Waals surface area contributed by atoms with E-state index in [1.807, 2.05) is 30.4 Å². The Morgan fingerprint density at radius 3 is 2.43 bits per heavy atom. The number of nitrogens with zero attached hydrogens (tertiary/aromatic N) is 2. The number of ether oxygens (including phenoxy) is 1. The van der Waals surface area contributed by atoms with Gasteiger partial charge in [0.05, 0.1) is 24.3 Å². The van der Waals surface area contributed by atoms with Gasteiger partial charge < -0.3 is 20.3 Å². The molecule has 2 saturated carbocycles. The molecular weight excluding hydrogens is 480 g/mol. The first-order valence-electron chi connectivity index (χ1n) is 13.7. The van der Waals surface area contributed by atoms with Gasteiger partial charge >= 0.3 is 6.03 Å². The molecule has 2 aliphatic carbocycles. The van der Waals surface area contributed by atoms with Crippen LogP contribution in [0.4, 0.5) is 16.2 Å². The van der Waals surface area contributed by atoms with Crippen LogP contribution in [0.15, 0.2) is 42.5 Å². The van der Waals surface area contributed by atoms with Gasteiger partial charge in [0.25, 0.3) is 0 Å². The van der Waals surface area contributed by atoms with E-state index in [2.05, 4.69) is 59.7 Å². The maximum Gasteiger partial charge on any atom is 0.319 e. The molecule has 6 nitrogen and oxygen atoms in total. The molecule has 37 heavy (non-hydrogen) atoms. The van der Waals surface area contributed by atoms with Gasteiger partial charge in [-0.15, -0.1) is 11.3 Å². The zero-order chi connectivity index (χ0) is 25.5. The number of rotatable bonds is 7. The van der Waals surface area contributed by atoms with Crippen LogP contribution in [0.2, 0.25) is 0 Å². The van der Waals surface area contributed by atoms with Crippen molar-refractivity contribution in [2.24, 2.45) is 0 Å². The number of amides is 2. The summed E-state index contributed by atoms with van der Waals surface area (Å²) in [5.41, 5.74) is 5.80. The van der Waals surface area contributed by atoms with E-state index in [4.69, 9.17) is 9.72 Å². The van der Waals surface area contributed by atoms with Gasteiger partial charge in [-0.2, -0.15) is 0 Å². The van der Waals surface area contributed by atoms with Gasteiger partial charge in [0.15, 0.2) is 0 Å². The second-order valence-electron chi connectivity index (χ2n) is 10.6. The number of aromatic nitrogens is 1. The molecule has 2 unspecified atom stereocenters. The average molecular weight is 517 g/mol. The molecule has 0 saturated heterocycles. The van der Waals surface area contributed by atoms with Crippen LogP contribution < -0.4 is 20.3 Å². The molecule has 194 valence electrons. The molecule has 0 bridgehead atoms. The number of benzene rings is 2. The van der Waals surface area contributed by atoms with Crippen molar-refractivity contribution in [3.63, 3.8) is 0 Å². The molecule has 2 N–H and O–H groups in total. The highest BCUT2D eigenvalue weighted by Gasteiger charge is 2.46. The Morgan fingerprint density at radius 1 is 1.08 bits per heavy atom. The lowest BCUT2D eigenvalue weighted by Gasteiger charge is -2.42. The van der Waals surface area contributed by atoms with E-state index >= 15 is 0 Å². The van der Waals surface area contributed by atoms with Crippen LogP contribution in [-0.4, -0.2) is 29.7 Å². The SMILES string of the molecule is CCOc1ccc2c(c1)N(C1CCC1)C(c1ccc(NC(=O)NC3CCC3)cc1)C2c1nc(C)c(C)s1. The molecule has 3 aromatic rings. The number of hydrogen-bond donors (Lipinski definition) is 2. The minimum absolute atomic E-state index is 0.114. The summed E-state index contributed by atoms with van der Waals surface area (Å²) in [6, 6.07) is 15.9. The monoisotopic (exact) mass is 516 g/mol. The van der Waals surface area contributed by atoms with Gasteiger partial charge in [0.1, 0.15) is 10.8 Å². The van der Waals surface area contributed by atoms with Gasteiger partial charge in [-0.25, -0.2) is 9.78 Å². The van der Waals surface area contributed by atoms with E-state index in [0.29, 0.717) is 18.7 Å². The van der Waals surface area contributed by atoms with Crippen molar-refractivity contribution in [3.05, 3.63) is 69.2 Å². The third kappa shape index (κ3) is 4.58. The van der Waals surface area contributed by atoms with Crippen molar-refractivity contribution in [3.8, 4) is 5.75 Å². The number of anilines is 2. The highest BCUT2D eigenvalue weighted by molar-refractivity contribution is 7.11. The molecule has 6 rings (SSSR count). The highest BCUT2D eigenvalue weighted by atomic mass is 32.1. The number of fused-ring (bicyclic) bond motifs is 1. The summed E-state index contributed by atoms with van der Waals surface area (Å²) in [6.45, 7) is 6.96. The number of urea groups is 1. The van der Waals surface area contributed by atoms with Crippen LogP contribution in [0.3, 0.4) is 0 Å². The Kier molecular flexibility index (Phi) is 6.57. The predicted molar refractivity (Wildman–Crippen MR) is 150 cm³/mol. The van der Waals surface area contributed by atoms with E-state index in [0.717, 1.165) is 30.0 Å². The normalized spacial score (nSPS) is 21.2. The average Bonchev–Trinajstić information content (AvgIpc) is 3.32. The van der Waals surface area contributed by atoms with Crippen molar-refractivity contribution >= 4 is 28.7 Å². The Labute approximate surface area is 223 Å². The topological polar surface area (TPSA) is 66.5 Å². The number of nitrogens with one attached hydrogen (secondary N) is 2. The lowest BCUT2D eigenvalue weighted by Crippen LogP contribution is -2.42. The number of aryl methyl sites for hydroxylation is 2. The molecule has 2 aromatic carbocycles. The molecule has 2 heterocycles. The summed E-state index contributed by atoms with van der Waals surface area (Å²) >= 11 is 1.82. The van der Waals surface area contributed by atoms with Gasteiger partial charge in [-0.05, 0) is 88.6 Å². The molecular formula is C30H36N4O2S. The fourth-order valence-electron chi connectivity index (χ4n) is 5.76. The number of thiazole rings is 1. The first-order valence-corrected chi connectivity index (χ1v) is 14.5. The Hall–Kier alpha value is -3.06. The molecule has 2 fully saturated rings. The maximum absolute atomic E-state index is 12.4. The maximum atomic E-state index is 12.4. The first-order chi connectivity index (χ1) is 18.0. The van der Waals surface area contributed by atoms with Crippen LogP contribution in [0.25, 0.3) is 0 Å². The fourth-order valence-corrected chi connectivity index (χ4v) is 6.83. The highest BCUT2D eigenvalue weighted by Crippen LogP contribution is 2.56. The molecule has 0 radical (unpaired) electrons. The summed E-state index contributed by atoms with van der Waals surface area (Å²) in [7, 11) is 0. The van der Waals surface area contributed by atoms with Crippen LogP contribution in [0, 0.1) is 13.8 Å². The van der Waals surface area contributed by atoms with Gasteiger partial charge in [-0.1, -0.05) is 18.2 Å². The molecule has 1 aliphatic heterocycles. The summed E-state index contributed by atoms with van der Waals surface area (Å²) in [5.74, 6) is 1.08. The van der Waals surface area contributed by atoms with Gasteiger partial charge in [-0.3, -0.25) is 0 Å². The van der Waals surface area contributed by atoms with E-state index < -0.39 is 0 Å². The molecule has 7 heteroatoms. The van der Waals surface area contributed by atoms with Gasteiger partial charge in [0.2, 0.25) is 0 Å². The van der Waals surface area contributed by atoms with Crippen LogP contribution in [-0.2, 0) is 0 Å². The molecule has 0 spiro atoms. The third-order valence-electron chi connectivity index (χ3n) is 8.27. The Bertz CT molecular complexity index is 1260. The van der Waals surface area contributed by atoms with E-state index in [-0.39, 0.29) is 18.0 Å². The van der Waals surface area contributed by atoms with Crippen molar-refractivity contribution in [2.45, 2.75) is 83.3 Å². The minimum atomic E-state index is -0.114. The summed E-state index contributed by atoms with van der Waals surface area (Å²) in [5, 5.41) is 7.25.